The average Bonchev–Trinajstić information content (AvgIpc) is 2.65. The Morgan fingerprint density at radius 3 is 2.90 bits per heavy atom. The number of aliphatic hydroxyl groups excluding tert-OH is 3. The molecule has 11 heteroatoms. The standard InChI is InChI=1S/C9H11N5O5S/c10-13-12-9(3-15)6(17)5(16)7(19-9)14-2-1-4(20)11-8(14)18/h1-2,5-7,15-17H,3H2,(H,11,18,20)/t5?,6-,7-,9-/m1/s1. The number of H-pyrrole nitrogens is 1. The topological polar surface area (TPSA) is 156 Å². The maximum absolute atomic E-state index is 11.7. The number of aromatic amines is 1. The fraction of sp³-hybridized carbons (Fsp3) is 0.556. The van der Waals surface area contributed by atoms with Crippen molar-refractivity contribution < 1.29 is 20.1 Å². The fourth-order valence-corrected chi connectivity index (χ4v) is 2.09. The van der Waals surface area contributed by atoms with Crippen LogP contribution in [0.15, 0.2) is 22.2 Å². The molecule has 1 aliphatic rings. The monoisotopic (exact) mass is 301 g/mol. The molecule has 1 fully saturated rings. The van der Waals surface area contributed by atoms with Crippen LogP contribution in [-0.4, -0.2) is 49.4 Å². The molecule has 1 aromatic heterocycles. The molecule has 1 unspecified atom stereocenters. The van der Waals surface area contributed by atoms with Gasteiger partial charge in [-0.15, -0.1) is 0 Å². The lowest BCUT2D eigenvalue weighted by molar-refractivity contribution is -0.125. The molecule has 0 saturated carbocycles. The van der Waals surface area contributed by atoms with Crippen molar-refractivity contribution in [2.75, 3.05) is 6.61 Å². The van der Waals surface area contributed by atoms with E-state index in [9.17, 15) is 20.1 Å². The number of aromatic nitrogens is 2. The Hall–Kier alpha value is -1.75. The largest absolute Gasteiger partial charge is 0.393 e. The molecule has 0 radical (unpaired) electrons. The third-order valence-corrected chi connectivity index (χ3v) is 3.21. The van der Waals surface area contributed by atoms with Crippen molar-refractivity contribution in [3.05, 3.63) is 37.8 Å². The Bertz CT molecular complexity index is 667. The second-order valence-corrected chi connectivity index (χ2v) is 4.59. The highest BCUT2D eigenvalue weighted by atomic mass is 32.1. The van der Waals surface area contributed by atoms with E-state index in [1.807, 2.05) is 0 Å². The Kier molecular flexibility index (Phi) is 3.90. The molecule has 2 rings (SSSR count). The number of ether oxygens (including phenoxy) is 1. The molecule has 108 valence electrons. The molecule has 10 nitrogen and oxygen atoms in total. The lowest BCUT2D eigenvalue weighted by Gasteiger charge is -2.23. The second kappa shape index (κ2) is 5.32. The van der Waals surface area contributed by atoms with Gasteiger partial charge in [0, 0.05) is 11.1 Å². The van der Waals surface area contributed by atoms with Gasteiger partial charge < -0.3 is 20.1 Å². The van der Waals surface area contributed by atoms with Gasteiger partial charge in [0.15, 0.2) is 6.23 Å². The van der Waals surface area contributed by atoms with E-state index < -0.39 is 36.5 Å². The van der Waals surface area contributed by atoms with Gasteiger partial charge in [0.05, 0.1) is 6.61 Å². The van der Waals surface area contributed by atoms with Crippen LogP contribution < -0.4 is 5.69 Å². The van der Waals surface area contributed by atoms with E-state index in [2.05, 4.69) is 15.0 Å². The lowest BCUT2D eigenvalue weighted by atomic mass is 10.1. The van der Waals surface area contributed by atoms with Crippen molar-refractivity contribution >= 4 is 12.2 Å². The Labute approximate surface area is 116 Å². The smallest absolute Gasteiger partial charge is 0.328 e. The van der Waals surface area contributed by atoms with Crippen LogP contribution >= 0.6 is 12.2 Å². The van der Waals surface area contributed by atoms with Gasteiger partial charge in [-0.2, -0.15) is 0 Å². The van der Waals surface area contributed by atoms with Crippen LogP contribution in [0.1, 0.15) is 6.23 Å². The summed E-state index contributed by atoms with van der Waals surface area (Å²) < 4.78 is 6.33. The number of azide groups is 1. The normalized spacial score (nSPS) is 32.9. The Morgan fingerprint density at radius 2 is 2.35 bits per heavy atom. The van der Waals surface area contributed by atoms with Gasteiger partial charge in [-0.05, 0) is 11.6 Å². The van der Waals surface area contributed by atoms with E-state index in [-0.39, 0.29) is 4.64 Å². The second-order valence-electron chi connectivity index (χ2n) is 4.15. The summed E-state index contributed by atoms with van der Waals surface area (Å²) in [6.45, 7) is -0.858. The van der Waals surface area contributed by atoms with Crippen LogP contribution in [0.5, 0.6) is 0 Å². The Morgan fingerprint density at radius 1 is 1.65 bits per heavy atom. The van der Waals surface area contributed by atoms with Gasteiger partial charge in [0.1, 0.15) is 16.8 Å². The van der Waals surface area contributed by atoms with Crippen molar-refractivity contribution in [3.63, 3.8) is 0 Å². The fourth-order valence-electron chi connectivity index (χ4n) is 1.94. The van der Waals surface area contributed by atoms with Gasteiger partial charge in [-0.25, -0.2) is 4.79 Å². The van der Waals surface area contributed by atoms with Gasteiger partial charge in [0.25, 0.3) is 0 Å². The quantitative estimate of drug-likeness (QED) is 0.246. The predicted molar refractivity (Wildman–Crippen MR) is 67.0 cm³/mol. The molecule has 0 aliphatic carbocycles. The lowest BCUT2D eigenvalue weighted by Crippen LogP contribution is -2.44. The van der Waals surface area contributed by atoms with Gasteiger partial charge in [-0.1, -0.05) is 17.3 Å². The van der Waals surface area contributed by atoms with Crippen molar-refractivity contribution in [1.29, 1.82) is 0 Å². The molecule has 0 spiro atoms. The van der Waals surface area contributed by atoms with E-state index in [4.69, 9.17) is 22.5 Å². The number of hydrogen-bond acceptors (Lipinski definition) is 7. The van der Waals surface area contributed by atoms with E-state index in [1.54, 1.807) is 0 Å². The van der Waals surface area contributed by atoms with Crippen LogP contribution in [0.3, 0.4) is 0 Å². The zero-order valence-corrected chi connectivity index (χ0v) is 10.8. The van der Waals surface area contributed by atoms with Crippen molar-refractivity contribution in [2.45, 2.75) is 24.2 Å². The first-order valence-corrected chi connectivity index (χ1v) is 5.88. The summed E-state index contributed by atoms with van der Waals surface area (Å²) in [5.41, 5.74) is 5.73. The molecule has 4 atom stereocenters. The highest BCUT2D eigenvalue weighted by molar-refractivity contribution is 7.71. The minimum atomic E-state index is -2.05. The minimum Gasteiger partial charge on any atom is -0.393 e. The molecule has 20 heavy (non-hydrogen) atoms. The number of nitrogens with zero attached hydrogens (tertiary/aromatic N) is 4. The highest BCUT2D eigenvalue weighted by Gasteiger charge is 2.54. The van der Waals surface area contributed by atoms with Crippen molar-refractivity contribution in [2.24, 2.45) is 5.11 Å². The predicted octanol–water partition coefficient (Wildman–Crippen LogP) is -0.845. The zero-order valence-electron chi connectivity index (χ0n) is 9.95. The summed E-state index contributed by atoms with van der Waals surface area (Å²) in [5, 5.41) is 32.2. The first-order valence-electron chi connectivity index (χ1n) is 5.48. The minimum absolute atomic E-state index is 0.183. The maximum Gasteiger partial charge on any atom is 0.328 e. The molecule has 0 aromatic carbocycles. The van der Waals surface area contributed by atoms with E-state index in [0.29, 0.717) is 0 Å². The summed E-state index contributed by atoms with van der Waals surface area (Å²) in [7, 11) is 0. The van der Waals surface area contributed by atoms with Crippen LogP contribution in [0.25, 0.3) is 10.4 Å². The highest BCUT2D eigenvalue weighted by Crippen LogP contribution is 2.37. The van der Waals surface area contributed by atoms with Gasteiger partial charge in [-0.3, -0.25) is 9.55 Å². The molecule has 1 aliphatic heterocycles. The zero-order chi connectivity index (χ0) is 14.9. The van der Waals surface area contributed by atoms with Gasteiger partial charge >= 0.3 is 5.69 Å². The summed E-state index contributed by atoms with van der Waals surface area (Å²) in [4.78, 5) is 16.5. The summed E-state index contributed by atoms with van der Waals surface area (Å²) >= 11 is 4.77. The first kappa shape index (κ1) is 14.7. The summed E-state index contributed by atoms with van der Waals surface area (Å²) in [6, 6.07) is 1.38. The van der Waals surface area contributed by atoms with Crippen LogP contribution in [-0.2, 0) is 4.74 Å². The molecule has 4 N–H and O–H groups in total. The number of nitrogens with one attached hydrogen (secondary N) is 1. The SMILES string of the molecule is [N-]=[N+]=N[C@]1(CO)O[C@@H](n2ccc(=S)[nH]c2=O)C(O)[C@H]1O. The average molecular weight is 301 g/mol. The number of aliphatic hydroxyl groups is 3. The van der Waals surface area contributed by atoms with E-state index >= 15 is 0 Å². The third kappa shape index (κ3) is 2.22. The maximum atomic E-state index is 11.7. The van der Waals surface area contributed by atoms with Gasteiger partial charge in [0.2, 0.25) is 5.72 Å². The number of rotatable bonds is 3. The molecule has 2 heterocycles. The summed E-state index contributed by atoms with van der Waals surface area (Å²) in [5.74, 6) is 0. The molecule has 0 bridgehead atoms. The van der Waals surface area contributed by atoms with Crippen molar-refractivity contribution in [1.82, 2.24) is 9.55 Å². The molecule has 1 aromatic rings. The van der Waals surface area contributed by atoms with Crippen LogP contribution in [0.4, 0.5) is 0 Å². The van der Waals surface area contributed by atoms with Crippen molar-refractivity contribution in [3.8, 4) is 0 Å². The molecular weight excluding hydrogens is 290 g/mol. The molecule has 1 saturated heterocycles. The number of hydrogen-bond donors (Lipinski definition) is 4. The Balaban J connectivity index is 2.47. The third-order valence-electron chi connectivity index (χ3n) is 2.97. The van der Waals surface area contributed by atoms with E-state index in [0.717, 1.165) is 4.57 Å². The van der Waals surface area contributed by atoms with Crippen LogP contribution in [0, 0.1) is 4.64 Å². The van der Waals surface area contributed by atoms with Crippen LogP contribution in [0.2, 0.25) is 0 Å². The first-order chi connectivity index (χ1) is 9.45. The summed E-state index contributed by atoms with van der Waals surface area (Å²) in [6.07, 6.45) is -3.34. The van der Waals surface area contributed by atoms with E-state index in [1.165, 1.54) is 12.3 Å². The molecular formula is C9H11N5O5S. The molecule has 0 amide bonds.